The molecule has 0 spiro atoms. The predicted octanol–water partition coefficient (Wildman–Crippen LogP) is 2.72. The van der Waals surface area contributed by atoms with Gasteiger partial charge < -0.3 is 19.7 Å². The van der Waals surface area contributed by atoms with Crippen molar-refractivity contribution in [3.63, 3.8) is 0 Å². The van der Waals surface area contributed by atoms with E-state index in [0.717, 1.165) is 6.07 Å². The highest BCUT2D eigenvalue weighted by Crippen LogP contribution is 2.34. The van der Waals surface area contributed by atoms with Gasteiger partial charge in [-0.3, -0.25) is 4.79 Å². The van der Waals surface area contributed by atoms with Gasteiger partial charge in [0.2, 0.25) is 5.43 Å². The third-order valence-electron chi connectivity index (χ3n) is 2.82. The lowest BCUT2D eigenvalue weighted by molar-refractivity contribution is 0.453. The molecule has 6 heteroatoms. The summed E-state index contributed by atoms with van der Waals surface area (Å²) in [6.07, 6.45) is 0. The molecule has 0 saturated carbocycles. The fourth-order valence-electron chi connectivity index (χ4n) is 2.00. The van der Waals surface area contributed by atoms with E-state index in [1.807, 2.05) is 0 Å². The van der Waals surface area contributed by atoms with Crippen molar-refractivity contribution in [2.24, 2.45) is 0 Å². The lowest BCUT2D eigenvalue weighted by Gasteiger charge is -2.06. The standard InChI is InChI=1S/C13H7ClO5/c14-6-1-2-7(16)11-12(18)10-8(17)3-5(15)4-9(10)19-13(6)11/h1-4,15-17H. The van der Waals surface area contributed by atoms with Crippen LogP contribution in [0.3, 0.4) is 0 Å². The van der Waals surface area contributed by atoms with Crippen molar-refractivity contribution in [2.45, 2.75) is 0 Å². The van der Waals surface area contributed by atoms with E-state index in [2.05, 4.69) is 0 Å². The largest absolute Gasteiger partial charge is 0.508 e. The van der Waals surface area contributed by atoms with Gasteiger partial charge in [0.05, 0.1) is 5.02 Å². The zero-order chi connectivity index (χ0) is 13.7. The zero-order valence-corrected chi connectivity index (χ0v) is 10.1. The maximum absolute atomic E-state index is 12.3. The summed E-state index contributed by atoms with van der Waals surface area (Å²) in [4.78, 5) is 12.3. The molecule has 5 nitrogen and oxygen atoms in total. The van der Waals surface area contributed by atoms with Crippen LogP contribution >= 0.6 is 11.6 Å². The molecule has 0 radical (unpaired) electrons. The molecule has 0 aliphatic rings. The first-order valence-electron chi connectivity index (χ1n) is 5.29. The van der Waals surface area contributed by atoms with Gasteiger partial charge in [-0.05, 0) is 12.1 Å². The highest BCUT2D eigenvalue weighted by Gasteiger charge is 2.17. The van der Waals surface area contributed by atoms with Crippen LogP contribution in [0.4, 0.5) is 0 Å². The molecule has 19 heavy (non-hydrogen) atoms. The van der Waals surface area contributed by atoms with Crippen molar-refractivity contribution in [2.75, 3.05) is 0 Å². The van der Waals surface area contributed by atoms with Crippen molar-refractivity contribution in [1.82, 2.24) is 0 Å². The van der Waals surface area contributed by atoms with Crippen molar-refractivity contribution in [1.29, 1.82) is 0 Å². The van der Waals surface area contributed by atoms with Crippen LogP contribution in [0.5, 0.6) is 17.2 Å². The number of fused-ring (bicyclic) bond motifs is 2. The van der Waals surface area contributed by atoms with Crippen LogP contribution in [0.15, 0.2) is 33.5 Å². The van der Waals surface area contributed by atoms with E-state index in [0.29, 0.717) is 0 Å². The summed E-state index contributed by atoms with van der Waals surface area (Å²) < 4.78 is 5.39. The minimum Gasteiger partial charge on any atom is -0.508 e. The Bertz CT molecular complexity index is 882. The number of rotatable bonds is 0. The number of halogens is 1. The van der Waals surface area contributed by atoms with Gasteiger partial charge >= 0.3 is 0 Å². The van der Waals surface area contributed by atoms with Gasteiger partial charge in [-0.25, -0.2) is 0 Å². The molecule has 3 aromatic rings. The molecule has 1 heterocycles. The molecule has 1 aromatic heterocycles. The molecule has 96 valence electrons. The van der Waals surface area contributed by atoms with E-state index in [4.69, 9.17) is 16.0 Å². The first kappa shape index (κ1) is 11.7. The van der Waals surface area contributed by atoms with Crippen LogP contribution in [0.2, 0.25) is 5.02 Å². The van der Waals surface area contributed by atoms with Gasteiger partial charge in [0.25, 0.3) is 0 Å². The Morgan fingerprint density at radius 2 is 1.74 bits per heavy atom. The Hall–Kier alpha value is -2.40. The predicted molar refractivity (Wildman–Crippen MR) is 70.0 cm³/mol. The number of hydrogen-bond acceptors (Lipinski definition) is 5. The van der Waals surface area contributed by atoms with Crippen molar-refractivity contribution in [3.05, 3.63) is 39.5 Å². The van der Waals surface area contributed by atoms with Crippen LogP contribution in [-0.4, -0.2) is 15.3 Å². The Labute approximate surface area is 110 Å². The zero-order valence-electron chi connectivity index (χ0n) is 9.35. The molecule has 0 aliphatic heterocycles. The van der Waals surface area contributed by atoms with E-state index >= 15 is 0 Å². The minimum absolute atomic E-state index is 0.00386. The summed E-state index contributed by atoms with van der Waals surface area (Å²) in [7, 11) is 0. The molecule has 0 aliphatic carbocycles. The van der Waals surface area contributed by atoms with Gasteiger partial charge in [0.1, 0.15) is 33.6 Å². The first-order chi connectivity index (χ1) is 8.99. The number of aromatic hydroxyl groups is 3. The van der Waals surface area contributed by atoms with Gasteiger partial charge in [-0.15, -0.1) is 0 Å². The Balaban J connectivity index is 2.69. The number of phenols is 3. The van der Waals surface area contributed by atoms with Crippen LogP contribution in [0.1, 0.15) is 0 Å². The monoisotopic (exact) mass is 278 g/mol. The normalized spacial score (nSPS) is 11.2. The molecule has 3 N–H and O–H groups in total. The number of benzene rings is 2. The summed E-state index contributed by atoms with van der Waals surface area (Å²) in [6.45, 7) is 0. The third kappa shape index (κ3) is 1.59. The Morgan fingerprint density at radius 1 is 1.00 bits per heavy atom. The van der Waals surface area contributed by atoms with E-state index < -0.39 is 11.2 Å². The average Bonchev–Trinajstić information content (AvgIpc) is 2.32. The molecule has 0 amide bonds. The summed E-state index contributed by atoms with van der Waals surface area (Å²) in [5.41, 5.74) is -0.625. The van der Waals surface area contributed by atoms with Crippen LogP contribution < -0.4 is 5.43 Å². The highest BCUT2D eigenvalue weighted by atomic mass is 35.5. The molecular weight excluding hydrogens is 272 g/mol. The molecule has 0 fully saturated rings. The summed E-state index contributed by atoms with van der Waals surface area (Å²) in [5, 5.41) is 28.8. The lowest BCUT2D eigenvalue weighted by atomic mass is 10.1. The molecule has 0 atom stereocenters. The Morgan fingerprint density at radius 3 is 2.47 bits per heavy atom. The SMILES string of the molecule is O=c1c2c(O)cc(O)cc2oc2c(Cl)ccc(O)c12. The number of hydrogen-bond donors (Lipinski definition) is 3. The topological polar surface area (TPSA) is 90.9 Å². The maximum atomic E-state index is 12.3. The van der Waals surface area contributed by atoms with Crippen LogP contribution in [0, 0.1) is 0 Å². The van der Waals surface area contributed by atoms with Gasteiger partial charge in [-0.2, -0.15) is 0 Å². The fraction of sp³-hybridized carbons (Fsp3) is 0. The van der Waals surface area contributed by atoms with E-state index in [-0.39, 0.29) is 38.5 Å². The van der Waals surface area contributed by atoms with Crippen LogP contribution in [-0.2, 0) is 0 Å². The number of phenolic OH excluding ortho intramolecular Hbond substituents is 3. The van der Waals surface area contributed by atoms with Gasteiger partial charge in [0.15, 0.2) is 5.58 Å². The molecule has 3 rings (SSSR count). The van der Waals surface area contributed by atoms with Gasteiger partial charge in [0, 0.05) is 12.1 Å². The smallest absolute Gasteiger partial charge is 0.208 e. The maximum Gasteiger partial charge on any atom is 0.208 e. The van der Waals surface area contributed by atoms with Crippen LogP contribution in [0.25, 0.3) is 21.9 Å². The van der Waals surface area contributed by atoms with E-state index in [1.54, 1.807) is 0 Å². The molecule has 0 saturated heterocycles. The quantitative estimate of drug-likeness (QED) is 0.550. The molecule has 0 unspecified atom stereocenters. The second kappa shape index (κ2) is 3.80. The van der Waals surface area contributed by atoms with E-state index in [1.165, 1.54) is 18.2 Å². The second-order valence-corrected chi connectivity index (χ2v) is 4.45. The van der Waals surface area contributed by atoms with Crippen molar-refractivity contribution in [3.8, 4) is 17.2 Å². The van der Waals surface area contributed by atoms with Crippen molar-refractivity contribution < 1.29 is 19.7 Å². The molecule has 2 aromatic carbocycles. The van der Waals surface area contributed by atoms with Crippen molar-refractivity contribution >= 4 is 33.5 Å². The third-order valence-corrected chi connectivity index (χ3v) is 3.12. The fourth-order valence-corrected chi connectivity index (χ4v) is 2.19. The summed E-state index contributed by atoms with van der Waals surface area (Å²) in [5.74, 6) is -0.962. The summed E-state index contributed by atoms with van der Waals surface area (Å²) in [6, 6.07) is 4.87. The average molecular weight is 279 g/mol. The highest BCUT2D eigenvalue weighted by molar-refractivity contribution is 6.35. The molecule has 0 bridgehead atoms. The van der Waals surface area contributed by atoms with E-state index in [9.17, 15) is 20.1 Å². The first-order valence-corrected chi connectivity index (χ1v) is 5.67. The lowest BCUT2D eigenvalue weighted by Crippen LogP contribution is -2.03. The molecular formula is C13H7ClO5. The summed E-state index contributed by atoms with van der Waals surface area (Å²) >= 11 is 5.91. The minimum atomic E-state index is -0.617. The second-order valence-electron chi connectivity index (χ2n) is 4.04. The Kier molecular flexibility index (Phi) is 2.33. The van der Waals surface area contributed by atoms with Gasteiger partial charge in [-0.1, -0.05) is 11.6 Å².